The molecule has 1 aliphatic rings. The fourth-order valence-corrected chi connectivity index (χ4v) is 3.70. The Hall–Kier alpha value is -2.79. The van der Waals surface area contributed by atoms with E-state index >= 15 is 0 Å². The minimum absolute atomic E-state index is 0.0691. The molecule has 1 amide bonds. The molecule has 1 aliphatic heterocycles. The van der Waals surface area contributed by atoms with E-state index in [9.17, 15) is 9.90 Å². The molecule has 148 valence electrons. The fraction of sp³-hybridized carbons (Fsp3) is 0.348. The standard InChI is InChI=1S/C23H27NO4/c1-4-15-28-20-10-9-18(16-21(20)27-3)22(25)24-13-11-23(26,12-14-24)19-8-6-5-7-17(19)2/h4-10,16,26H,1,11-15H2,2-3H3. The molecule has 28 heavy (non-hydrogen) atoms. The summed E-state index contributed by atoms with van der Waals surface area (Å²) in [5.74, 6) is 1.02. The molecule has 1 N–H and O–H groups in total. The van der Waals surface area contributed by atoms with Crippen molar-refractivity contribution in [2.75, 3.05) is 26.8 Å². The van der Waals surface area contributed by atoms with Gasteiger partial charge in [-0.1, -0.05) is 36.9 Å². The van der Waals surface area contributed by atoms with Gasteiger partial charge in [0.2, 0.25) is 0 Å². The Balaban J connectivity index is 1.71. The molecule has 1 saturated heterocycles. The third kappa shape index (κ3) is 4.04. The van der Waals surface area contributed by atoms with Gasteiger partial charge in [0.1, 0.15) is 6.61 Å². The van der Waals surface area contributed by atoms with Crippen molar-refractivity contribution in [2.45, 2.75) is 25.4 Å². The van der Waals surface area contributed by atoms with Gasteiger partial charge in [-0.3, -0.25) is 4.79 Å². The second-order valence-corrected chi connectivity index (χ2v) is 7.10. The number of ether oxygens (including phenoxy) is 2. The normalized spacial score (nSPS) is 15.8. The van der Waals surface area contributed by atoms with E-state index in [2.05, 4.69) is 6.58 Å². The zero-order valence-corrected chi connectivity index (χ0v) is 16.5. The third-order valence-electron chi connectivity index (χ3n) is 5.29. The van der Waals surface area contributed by atoms with E-state index in [1.54, 1.807) is 36.3 Å². The summed E-state index contributed by atoms with van der Waals surface area (Å²) in [5.41, 5.74) is 1.68. The Morgan fingerprint density at radius 2 is 1.93 bits per heavy atom. The Labute approximate surface area is 166 Å². The second kappa shape index (κ2) is 8.48. The van der Waals surface area contributed by atoms with Crippen LogP contribution in [-0.2, 0) is 5.60 Å². The summed E-state index contributed by atoms with van der Waals surface area (Å²) in [6, 6.07) is 13.1. The van der Waals surface area contributed by atoms with Crippen LogP contribution in [0.2, 0.25) is 0 Å². The molecule has 3 rings (SSSR count). The number of amides is 1. The number of hydrogen-bond acceptors (Lipinski definition) is 4. The molecular weight excluding hydrogens is 354 g/mol. The minimum Gasteiger partial charge on any atom is -0.493 e. The lowest BCUT2D eigenvalue weighted by Crippen LogP contribution is -2.45. The highest BCUT2D eigenvalue weighted by atomic mass is 16.5. The van der Waals surface area contributed by atoms with Gasteiger partial charge in [0.15, 0.2) is 11.5 Å². The van der Waals surface area contributed by atoms with Crippen molar-refractivity contribution in [2.24, 2.45) is 0 Å². The van der Waals surface area contributed by atoms with Crippen LogP contribution in [0.15, 0.2) is 55.1 Å². The van der Waals surface area contributed by atoms with Crippen LogP contribution < -0.4 is 9.47 Å². The summed E-state index contributed by atoms with van der Waals surface area (Å²) < 4.78 is 10.9. The topological polar surface area (TPSA) is 59.0 Å². The number of carbonyl (C=O) groups is 1. The third-order valence-corrected chi connectivity index (χ3v) is 5.29. The molecule has 5 nitrogen and oxygen atoms in total. The van der Waals surface area contributed by atoms with Crippen LogP contribution in [0, 0.1) is 6.92 Å². The van der Waals surface area contributed by atoms with Crippen molar-refractivity contribution < 1.29 is 19.4 Å². The molecule has 0 aliphatic carbocycles. The fourth-order valence-electron chi connectivity index (χ4n) is 3.70. The van der Waals surface area contributed by atoms with Gasteiger partial charge in [0.25, 0.3) is 5.91 Å². The van der Waals surface area contributed by atoms with Crippen LogP contribution in [-0.4, -0.2) is 42.7 Å². The minimum atomic E-state index is -0.887. The predicted molar refractivity (Wildman–Crippen MR) is 109 cm³/mol. The number of aliphatic hydroxyl groups is 1. The first-order valence-electron chi connectivity index (χ1n) is 9.48. The van der Waals surface area contributed by atoms with Crippen molar-refractivity contribution in [3.05, 3.63) is 71.8 Å². The quantitative estimate of drug-likeness (QED) is 0.776. The first-order valence-corrected chi connectivity index (χ1v) is 9.48. The Bertz CT molecular complexity index is 853. The number of likely N-dealkylation sites (tertiary alicyclic amines) is 1. The lowest BCUT2D eigenvalue weighted by Gasteiger charge is -2.39. The lowest BCUT2D eigenvalue weighted by molar-refractivity contribution is -0.0215. The second-order valence-electron chi connectivity index (χ2n) is 7.10. The Kier molecular flexibility index (Phi) is 6.05. The van der Waals surface area contributed by atoms with E-state index in [0.717, 1.165) is 11.1 Å². The summed E-state index contributed by atoms with van der Waals surface area (Å²) in [6.07, 6.45) is 2.68. The van der Waals surface area contributed by atoms with E-state index in [1.165, 1.54) is 0 Å². The monoisotopic (exact) mass is 381 g/mol. The Morgan fingerprint density at radius 1 is 1.21 bits per heavy atom. The molecule has 0 bridgehead atoms. The average molecular weight is 381 g/mol. The van der Waals surface area contributed by atoms with E-state index < -0.39 is 5.60 Å². The molecular formula is C23H27NO4. The van der Waals surface area contributed by atoms with E-state index in [0.29, 0.717) is 49.6 Å². The smallest absolute Gasteiger partial charge is 0.253 e. The van der Waals surface area contributed by atoms with E-state index in [-0.39, 0.29) is 5.91 Å². The molecule has 0 radical (unpaired) electrons. The highest BCUT2D eigenvalue weighted by Gasteiger charge is 2.36. The van der Waals surface area contributed by atoms with Crippen LogP contribution in [0.5, 0.6) is 11.5 Å². The molecule has 0 saturated carbocycles. The van der Waals surface area contributed by atoms with Gasteiger partial charge < -0.3 is 19.5 Å². The summed E-state index contributed by atoms with van der Waals surface area (Å²) in [6.45, 7) is 7.01. The van der Waals surface area contributed by atoms with Crippen LogP contribution in [0.25, 0.3) is 0 Å². The highest BCUT2D eigenvalue weighted by molar-refractivity contribution is 5.95. The zero-order valence-electron chi connectivity index (χ0n) is 16.5. The number of benzene rings is 2. The number of rotatable bonds is 6. The Morgan fingerprint density at radius 3 is 2.57 bits per heavy atom. The highest BCUT2D eigenvalue weighted by Crippen LogP contribution is 2.35. The van der Waals surface area contributed by atoms with Crippen molar-refractivity contribution in [3.8, 4) is 11.5 Å². The van der Waals surface area contributed by atoms with Crippen LogP contribution in [0.1, 0.15) is 34.3 Å². The van der Waals surface area contributed by atoms with Crippen LogP contribution >= 0.6 is 0 Å². The van der Waals surface area contributed by atoms with Gasteiger partial charge in [-0.2, -0.15) is 0 Å². The van der Waals surface area contributed by atoms with Crippen molar-refractivity contribution in [1.29, 1.82) is 0 Å². The number of methoxy groups -OCH3 is 1. The molecule has 0 atom stereocenters. The largest absolute Gasteiger partial charge is 0.493 e. The number of nitrogens with zero attached hydrogens (tertiary/aromatic N) is 1. The summed E-state index contributed by atoms with van der Waals surface area (Å²) in [7, 11) is 1.55. The van der Waals surface area contributed by atoms with Gasteiger partial charge >= 0.3 is 0 Å². The molecule has 2 aromatic rings. The number of aryl methyl sites for hydroxylation is 1. The molecule has 0 unspecified atom stereocenters. The molecule has 0 spiro atoms. The average Bonchev–Trinajstić information content (AvgIpc) is 2.72. The number of carbonyl (C=O) groups excluding carboxylic acids is 1. The first-order chi connectivity index (χ1) is 13.5. The van der Waals surface area contributed by atoms with Crippen LogP contribution in [0.3, 0.4) is 0 Å². The maximum absolute atomic E-state index is 12.9. The maximum atomic E-state index is 12.9. The zero-order chi connectivity index (χ0) is 20.1. The van der Waals surface area contributed by atoms with Crippen molar-refractivity contribution in [1.82, 2.24) is 4.90 Å². The van der Waals surface area contributed by atoms with Gasteiger partial charge in [-0.25, -0.2) is 0 Å². The maximum Gasteiger partial charge on any atom is 0.253 e. The molecule has 5 heteroatoms. The van der Waals surface area contributed by atoms with E-state index in [4.69, 9.17) is 9.47 Å². The van der Waals surface area contributed by atoms with Gasteiger partial charge in [-0.05, 0) is 49.1 Å². The molecule has 0 aromatic heterocycles. The van der Waals surface area contributed by atoms with Gasteiger partial charge in [0, 0.05) is 18.7 Å². The molecule has 2 aromatic carbocycles. The molecule has 1 fully saturated rings. The summed E-state index contributed by atoms with van der Waals surface area (Å²) in [5, 5.41) is 11.1. The van der Waals surface area contributed by atoms with Gasteiger partial charge in [-0.15, -0.1) is 0 Å². The predicted octanol–water partition coefficient (Wildman–Crippen LogP) is 3.69. The first kappa shape index (κ1) is 20.0. The number of hydrogen-bond donors (Lipinski definition) is 1. The summed E-state index contributed by atoms with van der Waals surface area (Å²) >= 11 is 0. The summed E-state index contributed by atoms with van der Waals surface area (Å²) in [4.78, 5) is 14.7. The lowest BCUT2D eigenvalue weighted by atomic mass is 9.82. The van der Waals surface area contributed by atoms with E-state index in [1.807, 2.05) is 31.2 Å². The van der Waals surface area contributed by atoms with Crippen molar-refractivity contribution >= 4 is 5.91 Å². The van der Waals surface area contributed by atoms with Crippen LogP contribution in [0.4, 0.5) is 0 Å². The van der Waals surface area contributed by atoms with Crippen molar-refractivity contribution in [3.63, 3.8) is 0 Å². The molecule has 1 heterocycles. The SMILES string of the molecule is C=CCOc1ccc(C(=O)N2CCC(O)(c3ccccc3C)CC2)cc1OC. The van der Waals surface area contributed by atoms with Gasteiger partial charge in [0.05, 0.1) is 12.7 Å². The number of piperidine rings is 1.